The summed E-state index contributed by atoms with van der Waals surface area (Å²) in [5, 5.41) is 11.7. The Morgan fingerprint density at radius 1 is 1.50 bits per heavy atom. The third kappa shape index (κ3) is 3.36. The Labute approximate surface area is 117 Å². The van der Waals surface area contributed by atoms with Crippen LogP contribution >= 0.6 is 0 Å². The van der Waals surface area contributed by atoms with E-state index >= 15 is 0 Å². The summed E-state index contributed by atoms with van der Waals surface area (Å²) in [5.74, 6) is -1.08. The van der Waals surface area contributed by atoms with Crippen molar-refractivity contribution >= 4 is 11.9 Å². The zero-order chi connectivity index (χ0) is 14.6. The molecule has 1 heterocycles. The van der Waals surface area contributed by atoms with Gasteiger partial charge in [0, 0.05) is 25.8 Å². The molecule has 1 amide bonds. The van der Waals surface area contributed by atoms with Gasteiger partial charge in [0.2, 0.25) is 0 Å². The van der Waals surface area contributed by atoms with Crippen LogP contribution in [0.4, 0.5) is 0 Å². The van der Waals surface area contributed by atoms with Crippen molar-refractivity contribution in [3.05, 3.63) is 18.2 Å². The fourth-order valence-corrected chi connectivity index (χ4v) is 2.52. The van der Waals surface area contributed by atoms with E-state index in [1.165, 1.54) is 0 Å². The Bertz CT molecular complexity index is 494. The van der Waals surface area contributed by atoms with Gasteiger partial charge in [0.15, 0.2) is 0 Å². The second kappa shape index (κ2) is 6.04. The van der Waals surface area contributed by atoms with Gasteiger partial charge in [-0.25, -0.2) is 4.98 Å². The Balaban J connectivity index is 1.89. The van der Waals surface area contributed by atoms with Crippen molar-refractivity contribution in [3.8, 4) is 0 Å². The van der Waals surface area contributed by atoms with E-state index in [2.05, 4.69) is 10.3 Å². The van der Waals surface area contributed by atoms with Crippen LogP contribution in [0.1, 0.15) is 36.2 Å². The number of nitrogens with one attached hydrogen (secondary N) is 1. The lowest BCUT2D eigenvalue weighted by atomic mass is 9.66. The maximum absolute atomic E-state index is 12.0. The molecule has 1 saturated carbocycles. The number of aromatic nitrogens is 2. The van der Waals surface area contributed by atoms with Crippen molar-refractivity contribution in [2.24, 2.45) is 11.1 Å². The number of carbonyl (C=O) groups excluding carboxylic acids is 1. The standard InChI is InChI=1S/C13H20N4O3/c14-4-5-17-7-10(16-9-17)12(20)15-8-13(2-1-3-13)6-11(18)19/h7,9H,1-6,8,14H2,(H,15,20)(H,18,19). The Morgan fingerprint density at radius 3 is 2.80 bits per heavy atom. The lowest BCUT2D eigenvalue weighted by Crippen LogP contribution is -2.43. The molecule has 7 nitrogen and oxygen atoms in total. The number of carboxylic acid groups (broad SMARTS) is 1. The summed E-state index contributed by atoms with van der Waals surface area (Å²) >= 11 is 0. The lowest BCUT2D eigenvalue weighted by Gasteiger charge is -2.40. The SMILES string of the molecule is NCCn1cnc(C(=O)NCC2(CC(=O)O)CCC2)c1. The second-order valence-corrected chi connectivity index (χ2v) is 5.39. The highest BCUT2D eigenvalue weighted by molar-refractivity contribution is 5.92. The number of carboxylic acids is 1. The Hall–Kier alpha value is -1.89. The second-order valence-electron chi connectivity index (χ2n) is 5.39. The molecule has 2 rings (SSSR count). The van der Waals surface area contributed by atoms with Crippen molar-refractivity contribution in [2.75, 3.05) is 13.1 Å². The fraction of sp³-hybridized carbons (Fsp3) is 0.615. The first-order valence-electron chi connectivity index (χ1n) is 6.76. The molecular weight excluding hydrogens is 260 g/mol. The van der Waals surface area contributed by atoms with Crippen LogP contribution in [0.2, 0.25) is 0 Å². The summed E-state index contributed by atoms with van der Waals surface area (Å²) in [6.45, 7) is 1.49. The highest BCUT2D eigenvalue weighted by Gasteiger charge is 2.39. The van der Waals surface area contributed by atoms with Crippen molar-refractivity contribution < 1.29 is 14.7 Å². The van der Waals surface area contributed by atoms with Crippen LogP contribution in [-0.4, -0.2) is 39.6 Å². The third-order valence-electron chi connectivity index (χ3n) is 3.82. The summed E-state index contributed by atoms with van der Waals surface area (Å²) in [7, 11) is 0. The molecule has 0 saturated heterocycles. The summed E-state index contributed by atoms with van der Waals surface area (Å²) < 4.78 is 1.76. The van der Waals surface area contributed by atoms with Crippen LogP contribution < -0.4 is 11.1 Å². The van der Waals surface area contributed by atoms with Gasteiger partial charge in [-0.05, 0) is 18.3 Å². The first kappa shape index (κ1) is 14.5. The van der Waals surface area contributed by atoms with E-state index in [0.29, 0.717) is 25.3 Å². The van der Waals surface area contributed by atoms with Crippen molar-refractivity contribution in [1.82, 2.24) is 14.9 Å². The van der Waals surface area contributed by atoms with Gasteiger partial charge in [-0.2, -0.15) is 0 Å². The van der Waals surface area contributed by atoms with Gasteiger partial charge in [0.25, 0.3) is 5.91 Å². The van der Waals surface area contributed by atoms with E-state index in [9.17, 15) is 9.59 Å². The molecule has 0 atom stereocenters. The molecular formula is C13H20N4O3. The quantitative estimate of drug-likeness (QED) is 0.661. The van der Waals surface area contributed by atoms with Gasteiger partial charge in [-0.1, -0.05) is 6.42 Å². The predicted octanol–water partition coefficient (Wildman–Crippen LogP) is 0.217. The van der Waals surface area contributed by atoms with Gasteiger partial charge in [0.1, 0.15) is 5.69 Å². The van der Waals surface area contributed by atoms with Crippen LogP contribution in [-0.2, 0) is 11.3 Å². The first-order chi connectivity index (χ1) is 9.54. The normalized spacial score (nSPS) is 16.4. The number of aliphatic carboxylic acids is 1. The maximum Gasteiger partial charge on any atom is 0.303 e. The van der Waals surface area contributed by atoms with Crippen molar-refractivity contribution in [2.45, 2.75) is 32.2 Å². The molecule has 4 N–H and O–H groups in total. The number of rotatable bonds is 7. The van der Waals surface area contributed by atoms with E-state index in [1.54, 1.807) is 17.1 Å². The monoisotopic (exact) mass is 280 g/mol. The largest absolute Gasteiger partial charge is 0.481 e. The molecule has 1 aliphatic rings. The zero-order valence-corrected chi connectivity index (χ0v) is 11.3. The van der Waals surface area contributed by atoms with Crippen LogP contribution in [0, 0.1) is 5.41 Å². The van der Waals surface area contributed by atoms with Crippen molar-refractivity contribution in [1.29, 1.82) is 0 Å². The average molecular weight is 280 g/mol. The molecule has 1 aromatic heterocycles. The van der Waals surface area contributed by atoms with Gasteiger partial charge >= 0.3 is 5.97 Å². The smallest absolute Gasteiger partial charge is 0.303 e. The van der Waals surface area contributed by atoms with E-state index in [-0.39, 0.29) is 17.7 Å². The molecule has 0 aliphatic heterocycles. The lowest BCUT2D eigenvalue weighted by molar-refractivity contribution is -0.141. The fourth-order valence-electron chi connectivity index (χ4n) is 2.52. The summed E-state index contributed by atoms with van der Waals surface area (Å²) in [6.07, 6.45) is 6.04. The molecule has 7 heteroatoms. The van der Waals surface area contributed by atoms with Crippen LogP contribution in [0.15, 0.2) is 12.5 Å². The number of carbonyl (C=O) groups is 2. The number of hydrogen-bond acceptors (Lipinski definition) is 4. The van der Waals surface area contributed by atoms with Crippen molar-refractivity contribution in [3.63, 3.8) is 0 Å². The summed E-state index contributed by atoms with van der Waals surface area (Å²) in [6, 6.07) is 0. The number of nitrogens with zero attached hydrogens (tertiary/aromatic N) is 2. The molecule has 1 fully saturated rings. The molecule has 0 bridgehead atoms. The van der Waals surface area contributed by atoms with Crippen LogP contribution in [0.3, 0.4) is 0 Å². The number of imidazole rings is 1. The molecule has 1 aromatic rings. The average Bonchev–Trinajstić information content (AvgIpc) is 2.81. The van der Waals surface area contributed by atoms with E-state index in [0.717, 1.165) is 19.3 Å². The van der Waals surface area contributed by atoms with Gasteiger partial charge < -0.3 is 20.7 Å². The highest BCUT2D eigenvalue weighted by Crippen LogP contribution is 2.43. The molecule has 1 aliphatic carbocycles. The number of amides is 1. The van der Waals surface area contributed by atoms with Gasteiger partial charge in [-0.3, -0.25) is 9.59 Å². The van der Waals surface area contributed by atoms with Crippen LogP contribution in [0.5, 0.6) is 0 Å². The number of hydrogen-bond donors (Lipinski definition) is 3. The molecule has 0 spiro atoms. The van der Waals surface area contributed by atoms with Gasteiger partial charge in [0.05, 0.1) is 12.7 Å². The van der Waals surface area contributed by atoms with E-state index in [4.69, 9.17) is 10.8 Å². The third-order valence-corrected chi connectivity index (χ3v) is 3.82. The molecule has 0 radical (unpaired) electrons. The van der Waals surface area contributed by atoms with Gasteiger partial charge in [-0.15, -0.1) is 0 Å². The van der Waals surface area contributed by atoms with Crippen LogP contribution in [0.25, 0.3) is 0 Å². The first-order valence-corrected chi connectivity index (χ1v) is 6.76. The zero-order valence-electron chi connectivity index (χ0n) is 11.3. The minimum absolute atomic E-state index is 0.106. The summed E-state index contributed by atoms with van der Waals surface area (Å²) in [4.78, 5) is 26.8. The minimum atomic E-state index is -0.814. The topological polar surface area (TPSA) is 110 Å². The van der Waals surface area contributed by atoms with E-state index in [1.807, 2.05) is 0 Å². The minimum Gasteiger partial charge on any atom is -0.481 e. The maximum atomic E-state index is 12.0. The molecule has 20 heavy (non-hydrogen) atoms. The van der Waals surface area contributed by atoms with E-state index < -0.39 is 5.97 Å². The molecule has 110 valence electrons. The summed E-state index contributed by atoms with van der Waals surface area (Å²) in [5.41, 5.74) is 5.49. The Kier molecular flexibility index (Phi) is 4.39. The number of nitrogens with two attached hydrogens (primary N) is 1. The molecule has 0 unspecified atom stereocenters. The molecule has 0 aromatic carbocycles. The highest BCUT2D eigenvalue weighted by atomic mass is 16.4. The Morgan fingerprint density at radius 2 is 2.25 bits per heavy atom. The predicted molar refractivity (Wildman–Crippen MR) is 72.2 cm³/mol.